The molecule has 0 bridgehead atoms. The van der Waals surface area contributed by atoms with Gasteiger partial charge in [0.2, 0.25) is 10.0 Å². The number of allylic oxidation sites excluding steroid dienone is 4. The summed E-state index contributed by atoms with van der Waals surface area (Å²) < 4.78 is 38.9. The average molecular weight is 476 g/mol. The number of sulfonamides is 1. The van der Waals surface area contributed by atoms with Crippen LogP contribution in [0, 0.1) is 11.3 Å². The second-order valence-electron chi connectivity index (χ2n) is 7.83. The van der Waals surface area contributed by atoms with Crippen LogP contribution in [-0.4, -0.2) is 50.1 Å². The maximum Gasteiger partial charge on any atom is 0.355 e. The molecular formula is C24H33N3O5S. The highest BCUT2D eigenvalue weighted by Gasteiger charge is 2.27. The Morgan fingerprint density at radius 3 is 2.70 bits per heavy atom. The average Bonchev–Trinajstić information content (AvgIpc) is 3.03. The first-order valence-electron chi connectivity index (χ1n) is 11.1. The number of ether oxygens (including phenoxy) is 2. The largest absolute Gasteiger partial charge is 0.461 e. The molecule has 0 saturated carbocycles. The number of hydrogen-bond donors (Lipinski definition) is 1. The highest BCUT2D eigenvalue weighted by Crippen LogP contribution is 2.31. The van der Waals surface area contributed by atoms with Gasteiger partial charge in [0.15, 0.2) is 0 Å². The van der Waals surface area contributed by atoms with E-state index >= 15 is 0 Å². The van der Waals surface area contributed by atoms with Gasteiger partial charge in [0.1, 0.15) is 11.8 Å². The topological polar surface area (TPSA) is 110 Å². The van der Waals surface area contributed by atoms with Gasteiger partial charge in [-0.05, 0) is 39.2 Å². The SMILES string of the molecule is CCOC(=O)c1c(C2=C/C=C/C(OCCNS(=O)(=O)C(C)C)C/C=C\2)c(C#N)c(CC)n1C. The number of hydrogen-bond acceptors (Lipinski definition) is 6. The van der Waals surface area contributed by atoms with E-state index in [1.807, 2.05) is 37.3 Å². The first-order valence-corrected chi connectivity index (χ1v) is 12.7. The van der Waals surface area contributed by atoms with E-state index in [9.17, 15) is 18.5 Å². The summed E-state index contributed by atoms with van der Waals surface area (Å²) in [5.74, 6) is -0.461. The lowest BCUT2D eigenvalue weighted by Crippen LogP contribution is -2.33. The number of carbonyl (C=O) groups is 1. The number of aromatic nitrogens is 1. The molecule has 1 heterocycles. The summed E-state index contributed by atoms with van der Waals surface area (Å²) in [5.41, 5.74) is 2.92. The highest BCUT2D eigenvalue weighted by molar-refractivity contribution is 7.90. The van der Waals surface area contributed by atoms with Gasteiger partial charge in [0, 0.05) is 24.8 Å². The lowest BCUT2D eigenvalue weighted by molar-refractivity contribution is 0.0514. The molecule has 0 fully saturated rings. The normalized spacial score (nSPS) is 19.8. The summed E-state index contributed by atoms with van der Waals surface area (Å²) >= 11 is 0. The predicted molar refractivity (Wildman–Crippen MR) is 128 cm³/mol. The molecule has 33 heavy (non-hydrogen) atoms. The third-order valence-corrected chi connectivity index (χ3v) is 7.19. The van der Waals surface area contributed by atoms with Gasteiger partial charge < -0.3 is 14.0 Å². The fraction of sp³-hybridized carbons (Fsp3) is 0.500. The van der Waals surface area contributed by atoms with E-state index in [1.54, 1.807) is 32.4 Å². The van der Waals surface area contributed by atoms with Crippen molar-refractivity contribution in [2.45, 2.75) is 51.9 Å². The molecule has 180 valence electrons. The van der Waals surface area contributed by atoms with E-state index in [4.69, 9.17) is 9.47 Å². The molecule has 1 unspecified atom stereocenters. The van der Waals surface area contributed by atoms with Crippen molar-refractivity contribution < 1.29 is 22.7 Å². The van der Waals surface area contributed by atoms with Crippen molar-refractivity contribution in [2.24, 2.45) is 7.05 Å². The molecule has 0 aliphatic heterocycles. The fourth-order valence-corrected chi connectivity index (χ4v) is 4.29. The second kappa shape index (κ2) is 12.0. The number of carbonyl (C=O) groups excluding carboxylic acids is 1. The molecule has 1 atom stereocenters. The Labute approximate surface area is 196 Å². The maximum absolute atomic E-state index is 12.7. The van der Waals surface area contributed by atoms with Crippen molar-refractivity contribution in [3.05, 3.63) is 52.9 Å². The van der Waals surface area contributed by atoms with E-state index in [0.717, 1.165) is 11.3 Å². The number of nitrogens with zero attached hydrogens (tertiary/aromatic N) is 2. The lowest BCUT2D eigenvalue weighted by atomic mass is 9.97. The van der Waals surface area contributed by atoms with Crippen LogP contribution in [0.3, 0.4) is 0 Å². The van der Waals surface area contributed by atoms with Gasteiger partial charge in [0.25, 0.3) is 0 Å². The molecule has 8 nitrogen and oxygen atoms in total. The summed E-state index contributed by atoms with van der Waals surface area (Å²) in [5, 5.41) is 9.35. The van der Waals surface area contributed by atoms with Crippen molar-refractivity contribution in [3.8, 4) is 6.07 Å². The second-order valence-corrected chi connectivity index (χ2v) is 10.2. The highest BCUT2D eigenvalue weighted by atomic mass is 32.2. The molecule has 1 aliphatic carbocycles. The molecule has 0 aromatic carbocycles. The Morgan fingerprint density at radius 2 is 2.09 bits per heavy atom. The van der Waals surface area contributed by atoms with Gasteiger partial charge in [-0.3, -0.25) is 0 Å². The van der Waals surface area contributed by atoms with Crippen LogP contribution in [0.15, 0.2) is 30.4 Å². The third-order valence-electron chi connectivity index (χ3n) is 5.35. The number of nitrogens with one attached hydrogen (secondary N) is 1. The quantitative estimate of drug-likeness (QED) is 0.411. The van der Waals surface area contributed by atoms with Crippen molar-refractivity contribution in [3.63, 3.8) is 0 Å². The summed E-state index contributed by atoms with van der Waals surface area (Å²) in [7, 11) is -1.54. The molecule has 9 heteroatoms. The van der Waals surface area contributed by atoms with Crippen LogP contribution in [0.5, 0.6) is 0 Å². The van der Waals surface area contributed by atoms with Gasteiger partial charge in [-0.2, -0.15) is 5.26 Å². The molecule has 0 spiro atoms. The zero-order valence-electron chi connectivity index (χ0n) is 19.9. The van der Waals surface area contributed by atoms with Gasteiger partial charge in [-0.1, -0.05) is 37.3 Å². The molecule has 2 rings (SSSR count). The zero-order chi connectivity index (χ0) is 24.6. The van der Waals surface area contributed by atoms with Crippen molar-refractivity contribution in [1.82, 2.24) is 9.29 Å². The van der Waals surface area contributed by atoms with E-state index in [0.29, 0.717) is 29.7 Å². The Balaban J connectivity index is 2.24. The van der Waals surface area contributed by atoms with E-state index < -0.39 is 21.2 Å². The summed E-state index contributed by atoms with van der Waals surface area (Å²) in [6, 6.07) is 2.26. The number of nitriles is 1. The molecule has 1 N–H and O–H groups in total. The van der Waals surface area contributed by atoms with E-state index in [1.165, 1.54) is 0 Å². The monoisotopic (exact) mass is 475 g/mol. The standard InChI is InChI=1S/C24H33N3O5S/c1-6-21-20(16-25)22(23(27(21)5)24(28)31-7-2)18-10-8-12-19(13-9-11-18)32-15-14-26-33(29,30)17(3)4/h8-12,17,19,26H,6-7,13-15H2,1-5H3/b11-9-,12-8+,18-10+. The van der Waals surface area contributed by atoms with Crippen LogP contribution in [0.1, 0.15) is 61.4 Å². The smallest absolute Gasteiger partial charge is 0.355 e. The van der Waals surface area contributed by atoms with Crippen molar-refractivity contribution in [1.29, 1.82) is 5.26 Å². The number of esters is 1. The number of rotatable bonds is 10. The molecule has 1 aromatic heterocycles. The van der Waals surface area contributed by atoms with Gasteiger partial charge >= 0.3 is 5.97 Å². The van der Waals surface area contributed by atoms with Gasteiger partial charge in [0.05, 0.1) is 30.1 Å². The van der Waals surface area contributed by atoms with Crippen LogP contribution in [-0.2, 0) is 33.0 Å². The van der Waals surface area contributed by atoms with Crippen LogP contribution in [0.2, 0.25) is 0 Å². The minimum Gasteiger partial charge on any atom is -0.461 e. The van der Waals surface area contributed by atoms with Gasteiger partial charge in [-0.25, -0.2) is 17.9 Å². The minimum absolute atomic E-state index is 0.202. The van der Waals surface area contributed by atoms with Crippen LogP contribution in [0.4, 0.5) is 0 Å². The Morgan fingerprint density at radius 1 is 1.36 bits per heavy atom. The molecule has 0 saturated heterocycles. The Kier molecular flexibility index (Phi) is 9.65. The fourth-order valence-electron chi connectivity index (χ4n) is 3.58. The third kappa shape index (κ3) is 6.44. The van der Waals surface area contributed by atoms with E-state index in [2.05, 4.69) is 10.8 Å². The summed E-state index contributed by atoms with van der Waals surface area (Å²) in [4.78, 5) is 12.7. The van der Waals surface area contributed by atoms with E-state index in [-0.39, 0.29) is 25.9 Å². The molecular weight excluding hydrogens is 442 g/mol. The first kappa shape index (κ1) is 26.6. The summed E-state index contributed by atoms with van der Waals surface area (Å²) in [6.07, 6.45) is 10.3. The lowest BCUT2D eigenvalue weighted by Gasteiger charge is -2.15. The van der Waals surface area contributed by atoms with Crippen LogP contribution >= 0.6 is 0 Å². The van der Waals surface area contributed by atoms with Crippen LogP contribution in [0.25, 0.3) is 5.57 Å². The Hall–Kier alpha value is -2.67. The molecule has 0 amide bonds. The predicted octanol–water partition coefficient (Wildman–Crippen LogP) is 3.25. The van der Waals surface area contributed by atoms with Crippen molar-refractivity contribution in [2.75, 3.05) is 19.8 Å². The minimum atomic E-state index is -3.32. The maximum atomic E-state index is 12.7. The zero-order valence-corrected chi connectivity index (χ0v) is 20.7. The Bertz CT molecular complexity index is 1090. The van der Waals surface area contributed by atoms with Crippen molar-refractivity contribution >= 4 is 21.6 Å². The molecule has 1 aromatic rings. The van der Waals surface area contributed by atoms with Gasteiger partial charge in [-0.15, -0.1) is 0 Å². The molecule has 0 radical (unpaired) electrons. The summed E-state index contributed by atoms with van der Waals surface area (Å²) in [6.45, 7) is 7.63. The first-order chi connectivity index (χ1) is 15.7. The van der Waals surface area contributed by atoms with Crippen LogP contribution < -0.4 is 4.72 Å². The molecule has 1 aliphatic rings.